The van der Waals surface area contributed by atoms with Crippen molar-refractivity contribution in [1.82, 2.24) is 20.6 Å². The summed E-state index contributed by atoms with van der Waals surface area (Å²) >= 11 is 2.56. The first-order chi connectivity index (χ1) is 13.1. The van der Waals surface area contributed by atoms with Crippen LogP contribution < -0.4 is 5.43 Å². The van der Waals surface area contributed by atoms with E-state index in [0.717, 1.165) is 5.69 Å². The summed E-state index contributed by atoms with van der Waals surface area (Å²) in [6, 6.07) is 11.6. The van der Waals surface area contributed by atoms with E-state index in [2.05, 4.69) is 25.7 Å². The van der Waals surface area contributed by atoms with E-state index >= 15 is 0 Å². The molecule has 0 saturated heterocycles. The summed E-state index contributed by atoms with van der Waals surface area (Å²) in [7, 11) is 0. The number of hydrogen-bond donors (Lipinski definition) is 1. The minimum atomic E-state index is -0.506. The molecule has 0 aliphatic rings. The molecule has 0 bridgehead atoms. The van der Waals surface area contributed by atoms with Crippen LogP contribution in [0.2, 0.25) is 0 Å². The lowest BCUT2D eigenvalue weighted by Gasteiger charge is -1.98. The van der Waals surface area contributed by atoms with Crippen LogP contribution in [0.15, 0.2) is 58.1 Å². The van der Waals surface area contributed by atoms with Gasteiger partial charge in [-0.1, -0.05) is 41.3 Å². The predicted molar refractivity (Wildman–Crippen MR) is 103 cm³/mol. The highest BCUT2D eigenvalue weighted by molar-refractivity contribution is 8.01. The fourth-order valence-electron chi connectivity index (χ4n) is 1.96. The summed E-state index contributed by atoms with van der Waals surface area (Å²) in [5.41, 5.74) is 3.28. The van der Waals surface area contributed by atoms with E-state index in [1.54, 1.807) is 24.4 Å². The van der Waals surface area contributed by atoms with Crippen LogP contribution in [-0.2, 0) is 4.79 Å². The van der Waals surface area contributed by atoms with Gasteiger partial charge in [-0.25, -0.2) is 5.43 Å². The molecule has 1 N–H and O–H groups in total. The lowest BCUT2D eigenvalue weighted by atomic mass is 10.2. The number of nitro benzene ring substituents is 1. The molecule has 0 saturated carbocycles. The smallest absolute Gasteiger partial charge is 0.272 e. The van der Waals surface area contributed by atoms with E-state index in [-0.39, 0.29) is 17.3 Å². The molecular weight excluding hydrogens is 388 g/mol. The van der Waals surface area contributed by atoms with Gasteiger partial charge in [-0.2, -0.15) is 5.10 Å². The van der Waals surface area contributed by atoms with Gasteiger partial charge in [-0.15, -0.1) is 10.2 Å². The van der Waals surface area contributed by atoms with Crippen molar-refractivity contribution in [3.63, 3.8) is 0 Å². The van der Waals surface area contributed by atoms with Gasteiger partial charge in [0.2, 0.25) is 0 Å². The number of rotatable bonds is 7. The summed E-state index contributed by atoms with van der Waals surface area (Å²) < 4.78 is 0.633. The van der Waals surface area contributed by atoms with Crippen LogP contribution in [0.25, 0.3) is 10.7 Å². The summed E-state index contributed by atoms with van der Waals surface area (Å²) in [6.45, 7) is 0. The van der Waals surface area contributed by atoms with Crippen LogP contribution in [0.4, 0.5) is 5.69 Å². The van der Waals surface area contributed by atoms with E-state index in [1.165, 1.54) is 35.4 Å². The molecule has 11 heteroatoms. The molecule has 136 valence electrons. The topological polar surface area (TPSA) is 123 Å². The van der Waals surface area contributed by atoms with E-state index in [1.807, 2.05) is 18.2 Å². The molecule has 9 nitrogen and oxygen atoms in total. The molecule has 1 amide bonds. The number of pyridine rings is 1. The molecule has 3 rings (SSSR count). The van der Waals surface area contributed by atoms with Crippen LogP contribution in [0.3, 0.4) is 0 Å². The van der Waals surface area contributed by atoms with Gasteiger partial charge < -0.3 is 0 Å². The third kappa shape index (κ3) is 5.15. The minimum Gasteiger partial charge on any atom is -0.272 e. The second-order valence-corrected chi connectivity index (χ2v) is 7.19. The number of para-hydroxylation sites is 1. The first kappa shape index (κ1) is 18.6. The second-order valence-electron chi connectivity index (χ2n) is 4.99. The fraction of sp³-hybridized carbons (Fsp3) is 0.0625. The van der Waals surface area contributed by atoms with Crippen LogP contribution in [0, 0.1) is 10.1 Å². The van der Waals surface area contributed by atoms with E-state index in [4.69, 9.17) is 0 Å². The number of nitrogens with one attached hydrogen (secondary N) is 1. The number of carbonyl (C=O) groups excluding carboxylic acids is 1. The average Bonchev–Trinajstić information content (AvgIpc) is 3.16. The third-order valence-corrected chi connectivity index (χ3v) is 5.22. The molecule has 3 aromatic rings. The number of hydrogen-bond acceptors (Lipinski definition) is 9. The molecule has 0 radical (unpaired) electrons. The molecule has 2 heterocycles. The van der Waals surface area contributed by atoms with Gasteiger partial charge in [-0.05, 0) is 18.2 Å². The van der Waals surface area contributed by atoms with Crippen LogP contribution in [0.1, 0.15) is 5.56 Å². The van der Waals surface area contributed by atoms with Gasteiger partial charge in [0.15, 0.2) is 9.35 Å². The number of benzene rings is 1. The monoisotopic (exact) mass is 400 g/mol. The zero-order valence-corrected chi connectivity index (χ0v) is 15.3. The highest BCUT2D eigenvalue weighted by atomic mass is 32.2. The molecule has 27 heavy (non-hydrogen) atoms. The third-order valence-electron chi connectivity index (χ3n) is 3.14. The molecule has 2 aromatic heterocycles. The number of carbonyl (C=O) groups is 1. The first-order valence-corrected chi connectivity index (χ1v) is 9.37. The Bertz CT molecular complexity index is 977. The lowest BCUT2D eigenvalue weighted by molar-refractivity contribution is -0.385. The summed E-state index contributed by atoms with van der Waals surface area (Å²) in [5, 5.41) is 23.4. The lowest BCUT2D eigenvalue weighted by Crippen LogP contribution is -2.19. The number of hydrazone groups is 1. The van der Waals surface area contributed by atoms with Crippen molar-refractivity contribution in [3.8, 4) is 10.7 Å². The minimum absolute atomic E-state index is 0.0826. The summed E-state index contributed by atoms with van der Waals surface area (Å²) in [4.78, 5) is 26.5. The van der Waals surface area contributed by atoms with Gasteiger partial charge in [0, 0.05) is 12.3 Å². The quantitative estimate of drug-likeness (QED) is 0.280. The molecular formula is C16H12N6O3S2. The maximum Gasteiger partial charge on any atom is 0.278 e. The Morgan fingerprint density at radius 3 is 2.85 bits per heavy atom. The predicted octanol–water partition coefficient (Wildman–Crippen LogP) is 2.75. The highest BCUT2D eigenvalue weighted by Gasteiger charge is 2.11. The molecule has 0 aliphatic heterocycles. The Hall–Kier alpha value is -3.18. The first-order valence-electron chi connectivity index (χ1n) is 7.56. The van der Waals surface area contributed by atoms with Crippen molar-refractivity contribution in [2.24, 2.45) is 5.10 Å². The van der Waals surface area contributed by atoms with E-state index in [0.29, 0.717) is 14.9 Å². The normalized spacial score (nSPS) is 10.8. The van der Waals surface area contributed by atoms with Crippen LogP contribution in [0.5, 0.6) is 0 Å². The van der Waals surface area contributed by atoms with Crippen molar-refractivity contribution in [2.75, 3.05) is 5.75 Å². The number of nitro groups is 1. The van der Waals surface area contributed by atoms with Gasteiger partial charge in [-0.3, -0.25) is 19.9 Å². The Morgan fingerprint density at radius 1 is 1.26 bits per heavy atom. The largest absolute Gasteiger partial charge is 0.278 e. The Balaban J connectivity index is 1.52. The second kappa shape index (κ2) is 8.96. The zero-order valence-electron chi connectivity index (χ0n) is 13.7. The number of nitrogens with zero attached hydrogens (tertiary/aromatic N) is 5. The molecule has 0 aliphatic carbocycles. The maximum absolute atomic E-state index is 11.9. The van der Waals surface area contributed by atoms with Crippen molar-refractivity contribution in [2.45, 2.75) is 4.34 Å². The number of amides is 1. The van der Waals surface area contributed by atoms with E-state index < -0.39 is 4.92 Å². The fourth-order valence-corrected chi connectivity index (χ4v) is 3.58. The van der Waals surface area contributed by atoms with Gasteiger partial charge in [0.25, 0.3) is 11.6 Å². The van der Waals surface area contributed by atoms with Crippen molar-refractivity contribution >= 4 is 40.9 Å². The van der Waals surface area contributed by atoms with Gasteiger partial charge in [0.05, 0.1) is 22.5 Å². The van der Waals surface area contributed by atoms with E-state index in [9.17, 15) is 14.9 Å². The van der Waals surface area contributed by atoms with Crippen molar-refractivity contribution < 1.29 is 9.72 Å². The SMILES string of the molecule is O=C(CSc1nnc(-c2ccccn2)s1)N/N=C\c1ccccc1[N+](=O)[O-]. The average molecular weight is 400 g/mol. The molecule has 1 aromatic carbocycles. The summed E-state index contributed by atoms with van der Waals surface area (Å²) in [6.07, 6.45) is 2.91. The Morgan fingerprint density at radius 2 is 2.07 bits per heavy atom. The highest BCUT2D eigenvalue weighted by Crippen LogP contribution is 2.27. The standard InChI is InChI=1S/C16H12N6O3S2/c23-14(19-18-9-11-5-1-2-7-13(11)22(24)25)10-26-16-21-20-15(27-16)12-6-3-4-8-17-12/h1-9H,10H2,(H,19,23)/b18-9-. The molecule has 0 unspecified atom stereocenters. The molecule has 0 fully saturated rings. The summed E-state index contributed by atoms with van der Waals surface area (Å²) in [5.74, 6) is -0.269. The Labute approximate surface area is 161 Å². The van der Waals surface area contributed by atoms with Crippen LogP contribution in [-0.4, -0.2) is 38.0 Å². The maximum atomic E-state index is 11.9. The molecule has 0 spiro atoms. The zero-order chi connectivity index (χ0) is 19.1. The Kier molecular flexibility index (Phi) is 6.18. The van der Waals surface area contributed by atoms with Crippen molar-refractivity contribution in [1.29, 1.82) is 0 Å². The van der Waals surface area contributed by atoms with Crippen molar-refractivity contribution in [3.05, 3.63) is 64.3 Å². The van der Waals surface area contributed by atoms with Gasteiger partial charge in [0.1, 0.15) is 5.69 Å². The number of thioether (sulfide) groups is 1. The van der Waals surface area contributed by atoms with Gasteiger partial charge >= 0.3 is 0 Å². The van der Waals surface area contributed by atoms with Crippen LogP contribution >= 0.6 is 23.1 Å². The number of aromatic nitrogens is 3. The molecule has 0 atom stereocenters.